The van der Waals surface area contributed by atoms with E-state index in [9.17, 15) is 9.59 Å². The van der Waals surface area contributed by atoms with E-state index in [1.54, 1.807) is 13.2 Å². The van der Waals surface area contributed by atoms with Crippen molar-refractivity contribution in [2.75, 3.05) is 26.4 Å². The summed E-state index contributed by atoms with van der Waals surface area (Å²) in [7, 11) is 1.64. The van der Waals surface area contributed by atoms with Crippen LogP contribution in [0.1, 0.15) is 31.3 Å². The average Bonchev–Trinajstić information content (AvgIpc) is 3.05. The van der Waals surface area contributed by atoms with Crippen molar-refractivity contribution in [3.63, 3.8) is 0 Å². The molecule has 0 aliphatic rings. The van der Waals surface area contributed by atoms with Crippen molar-refractivity contribution in [2.24, 2.45) is 0 Å². The Morgan fingerprint density at radius 2 is 1.93 bits per heavy atom. The second kappa shape index (κ2) is 8.94. The van der Waals surface area contributed by atoms with Gasteiger partial charge in [0.2, 0.25) is 0 Å². The average molecular weight is 391 g/mol. The predicted octanol–water partition coefficient (Wildman–Crippen LogP) is 3.19. The number of imidazole rings is 1. The Hall–Kier alpha value is -2.48. The lowest BCUT2D eigenvalue weighted by atomic mass is 10.2. The molecule has 0 unspecified atom stereocenters. The van der Waals surface area contributed by atoms with Crippen LogP contribution in [0.2, 0.25) is 0 Å². The number of para-hydroxylation sites is 1. The molecule has 2 rings (SSSR count). The van der Waals surface area contributed by atoms with E-state index in [4.69, 9.17) is 4.74 Å². The molecule has 0 atom stereocenters. The summed E-state index contributed by atoms with van der Waals surface area (Å²) in [6.45, 7) is 6.09. The summed E-state index contributed by atoms with van der Waals surface area (Å²) in [5.74, 6) is -0.246. The zero-order valence-corrected chi connectivity index (χ0v) is 17.2. The predicted molar refractivity (Wildman–Crippen MR) is 107 cm³/mol. The van der Waals surface area contributed by atoms with Gasteiger partial charge in [-0.3, -0.25) is 9.36 Å². The third kappa shape index (κ3) is 5.75. The van der Waals surface area contributed by atoms with Crippen LogP contribution in [0.4, 0.5) is 4.79 Å². The highest BCUT2D eigenvalue weighted by Crippen LogP contribution is 2.21. The van der Waals surface area contributed by atoms with Crippen molar-refractivity contribution in [2.45, 2.75) is 31.5 Å². The van der Waals surface area contributed by atoms with E-state index in [1.165, 1.54) is 16.7 Å². The van der Waals surface area contributed by atoms with Gasteiger partial charge in [-0.1, -0.05) is 30.0 Å². The van der Waals surface area contributed by atoms with Crippen LogP contribution < -0.4 is 5.32 Å². The molecule has 0 aliphatic heterocycles. The molecule has 1 aromatic heterocycles. The van der Waals surface area contributed by atoms with Gasteiger partial charge in [0, 0.05) is 25.8 Å². The van der Waals surface area contributed by atoms with Crippen molar-refractivity contribution < 1.29 is 14.3 Å². The summed E-state index contributed by atoms with van der Waals surface area (Å²) in [4.78, 5) is 30.4. The largest absolute Gasteiger partial charge is 0.444 e. The molecule has 0 saturated heterocycles. The molecule has 0 aliphatic carbocycles. The molecule has 0 fully saturated rings. The van der Waals surface area contributed by atoms with Crippen molar-refractivity contribution in [3.8, 4) is 5.69 Å². The number of aromatic nitrogens is 2. The lowest BCUT2D eigenvalue weighted by Crippen LogP contribution is -2.39. The van der Waals surface area contributed by atoms with E-state index in [0.29, 0.717) is 18.8 Å². The molecule has 7 nitrogen and oxygen atoms in total. The Morgan fingerprint density at radius 3 is 2.52 bits per heavy atom. The van der Waals surface area contributed by atoms with Crippen LogP contribution in [-0.4, -0.2) is 58.4 Å². The number of likely N-dealkylation sites (N-methyl/N-ethyl adjacent to an activating group) is 1. The first-order chi connectivity index (χ1) is 12.7. The number of carbonyl (C=O) groups is 2. The van der Waals surface area contributed by atoms with E-state index >= 15 is 0 Å². The minimum atomic E-state index is -0.551. The first-order valence-electron chi connectivity index (χ1n) is 8.62. The van der Waals surface area contributed by atoms with E-state index in [1.807, 2.05) is 61.9 Å². The molecule has 2 amide bonds. The summed E-state index contributed by atoms with van der Waals surface area (Å²) in [6, 6.07) is 9.60. The first-order valence-corrected chi connectivity index (χ1v) is 9.85. The fourth-order valence-corrected chi connectivity index (χ4v) is 2.87. The van der Waals surface area contributed by atoms with Gasteiger partial charge in [-0.15, -0.1) is 0 Å². The van der Waals surface area contributed by atoms with Crippen LogP contribution in [0.15, 0.2) is 41.7 Å². The van der Waals surface area contributed by atoms with Crippen LogP contribution in [0.3, 0.4) is 0 Å². The van der Waals surface area contributed by atoms with Crippen LogP contribution >= 0.6 is 11.8 Å². The monoisotopic (exact) mass is 390 g/mol. The summed E-state index contributed by atoms with van der Waals surface area (Å²) >= 11 is 1.47. The quantitative estimate of drug-likeness (QED) is 0.767. The highest BCUT2D eigenvalue weighted by molar-refractivity contribution is 7.98. The number of hydrogen-bond acceptors (Lipinski definition) is 5. The molecule has 1 aromatic carbocycles. The van der Waals surface area contributed by atoms with Crippen molar-refractivity contribution in [1.29, 1.82) is 0 Å². The van der Waals surface area contributed by atoms with Gasteiger partial charge >= 0.3 is 6.09 Å². The first kappa shape index (κ1) is 20.8. The summed E-state index contributed by atoms with van der Waals surface area (Å²) < 4.78 is 7.11. The minimum absolute atomic E-state index is 0.246. The third-order valence-electron chi connectivity index (χ3n) is 3.60. The summed E-state index contributed by atoms with van der Waals surface area (Å²) in [6.07, 6.45) is 3.06. The van der Waals surface area contributed by atoms with Crippen LogP contribution in [0.5, 0.6) is 0 Å². The molecule has 27 heavy (non-hydrogen) atoms. The number of amides is 2. The molecule has 0 bridgehead atoms. The van der Waals surface area contributed by atoms with E-state index < -0.39 is 11.7 Å². The molecule has 8 heteroatoms. The molecular weight excluding hydrogens is 364 g/mol. The Morgan fingerprint density at radius 1 is 1.26 bits per heavy atom. The smallest absolute Gasteiger partial charge is 0.410 e. The summed E-state index contributed by atoms with van der Waals surface area (Å²) in [5, 5.41) is 3.57. The lowest BCUT2D eigenvalue weighted by molar-refractivity contribution is 0.0299. The molecule has 0 saturated carbocycles. The number of ether oxygens (including phenoxy) is 1. The fourth-order valence-electron chi connectivity index (χ4n) is 2.32. The molecule has 1 heterocycles. The van der Waals surface area contributed by atoms with Gasteiger partial charge in [-0.25, -0.2) is 9.78 Å². The van der Waals surface area contributed by atoms with Crippen molar-refractivity contribution in [3.05, 3.63) is 42.2 Å². The van der Waals surface area contributed by atoms with E-state index in [-0.39, 0.29) is 5.91 Å². The number of nitrogens with zero attached hydrogens (tertiary/aromatic N) is 3. The van der Waals surface area contributed by atoms with Gasteiger partial charge in [0.25, 0.3) is 5.91 Å². The minimum Gasteiger partial charge on any atom is -0.444 e. The number of thioether (sulfide) groups is 1. The van der Waals surface area contributed by atoms with Crippen molar-refractivity contribution >= 4 is 23.8 Å². The maximum absolute atomic E-state index is 12.6. The highest BCUT2D eigenvalue weighted by Gasteiger charge is 2.20. The van der Waals surface area contributed by atoms with Crippen LogP contribution in [-0.2, 0) is 4.74 Å². The standard InChI is InChI=1S/C19H26N4O3S/c1-19(2,3)26-18(25)22(4)12-11-20-16(24)15-13-21-17(27-5)23(15)14-9-7-6-8-10-14/h6-10,13H,11-12H2,1-5H3,(H,20,24). The van der Waals surface area contributed by atoms with Gasteiger partial charge < -0.3 is 15.0 Å². The Kier molecular flexibility index (Phi) is 6.90. The lowest BCUT2D eigenvalue weighted by Gasteiger charge is -2.24. The molecule has 146 valence electrons. The zero-order valence-electron chi connectivity index (χ0n) is 16.4. The molecule has 2 aromatic rings. The maximum Gasteiger partial charge on any atom is 0.410 e. The van der Waals surface area contributed by atoms with Gasteiger partial charge in [0.1, 0.15) is 11.3 Å². The molecule has 0 spiro atoms. The van der Waals surface area contributed by atoms with E-state index in [0.717, 1.165) is 10.8 Å². The van der Waals surface area contributed by atoms with Crippen LogP contribution in [0.25, 0.3) is 5.69 Å². The second-order valence-corrected chi connectivity index (χ2v) is 7.73. The zero-order chi connectivity index (χ0) is 20.0. The van der Waals surface area contributed by atoms with Gasteiger partial charge in [-0.05, 0) is 39.2 Å². The number of benzene rings is 1. The van der Waals surface area contributed by atoms with Gasteiger partial charge in [0.15, 0.2) is 5.16 Å². The topological polar surface area (TPSA) is 76.5 Å². The third-order valence-corrected chi connectivity index (χ3v) is 4.25. The SMILES string of the molecule is CSc1ncc(C(=O)NCCN(C)C(=O)OC(C)(C)C)n1-c1ccccc1. The molecular formula is C19H26N4O3S. The van der Waals surface area contributed by atoms with Crippen molar-refractivity contribution in [1.82, 2.24) is 19.8 Å². The molecule has 0 radical (unpaired) electrons. The Balaban J connectivity index is 2.01. The second-order valence-electron chi connectivity index (χ2n) is 6.96. The molecule has 1 N–H and O–H groups in total. The normalized spacial score (nSPS) is 11.1. The fraction of sp³-hybridized carbons (Fsp3) is 0.421. The van der Waals surface area contributed by atoms with Gasteiger partial charge in [-0.2, -0.15) is 0 Å². The number of nitrogens with one attached hydrogen (secondary N) is 1. The maximum atomic E-state index is 12.6. The number of hydrogen-bond donors (Lipinski definition) is 1. The Labute approximate surface area is 164 Å². The summed E-state index contributed by atoms with van der Waals surface area (Å²) in [5.41, 5.74) is 0.770. The van der Waals surface area contributed by atoms with E-state index in [2.05, 4.69) is 10.3 Å². The number of carbonyl (C=O) groups excluding carboxylic acids is 2. The number of rotatable bonds is 6. The highest BCUT2D eigenvalue weighted by atomic mass is 32.2. The van der Waals surface area contributed by atoms with Crippen LogP contribution in [0, 0.1) is 0 Å². The van der Waals surface area contributed by atoms with Gasteiger partial charge in [0.05, 0.1) is 6.20 Å². The Bertz CT molecular complexity index is 784.